The standard InChI is InChI=1S/C26H26O2/c27-25(14-8-7-11-22-9-3-1-4-10-22)18-15-23-16-19-26(20-17-23)28-21-24-12-5-2-6-13-24/h1-6,9-10,12-13,15-20H,7-8,11,14,21H2/b18-15+. The molecule has 0 aliphatic rings. The fourth-order valence-corrected chi connectivity index (χ4v) is 2.96. The van der Waals surface area contributed by atoms with E-state index in [0.29, 0.717) is 13.0 Å². The molecule has 0 fully saturated rings. The molecule has 0 radical (unpaired) electrons. The number of allylic oxidation sites excluding steroid dienone is 1. The Hall–Kier alpha value is -3.13. The molecule has 0 aromatic heterocycles. The molecule has 3 aromatic rings. The number of carbonyl (C=O) groups is 1. The molecule has 3 aromatic carbocycles. The van der Waals surface area contributed by atoms with Crippen molar-refractivity contribution in [2.45, 2.75) is 32.3 Å². The van der Waals surface area contributed by atoms with Crippen molar-refractivity contribution in [1.82, 2.24) is 0 Å². The van der Waals surface area contributed by atoms with E-state index >= 15 is 0 Å². The van der Waals surface area contributed by atoms with Crippen molar-refractivity contribution >= 4 is 11.9 Å². The van der Waals surface area contributed by atoms with E-state index in [4.69, 9.17) is 4.74 Å². The third-order valence-electron chi connectivity index (χ3n) is 4.57. The number of aryl methyl sites for hydroxylation is 1. The number of ketones is 1. The zero-order valence-electron chi connectivity index (χ0n) is 16.1. The summed E-state index contributed by atoms with van der Waals surface area (Å²) in [6, 6.07) is 28.3. The second-order valence-electron chi connectivity index (χ2n) is 6.84. The molecule has 0 aliphatic carbocycles. The molecule has 0 heterocycles. The molecule has 0 N–H and O–H groups in total. The van der Waals surface area contributed by atoms with Crippen LogP contribution in [-0.2, 0) is 17.8 Å². The van der Waals surface area contributed by atoms with E-state index in [0.717, 1.165) is 36.1 Å². The largest absolute Gasteiger partial charge is 0.489 e. The number of hydrogen-bond acceptors (Lipinski definition) is 2. The van der Waals surface area contributed by atoms with Gasteiger partial charge in [-0.05, 0) is 54.2 Å². The molecule has 2 heteroatoms. The Bertz CT molecular complexity index is 865. The predicted molar refractivity (Wildman–Crippen MR) is 115 cm³/mol. The van der Waals surface area contributed by atoms with Crippen LogP contribution in [0.25, 0.3) is 6.08 Å². The maximum atomic E-state index is 12.0. The molecule has 0 saturated heterocycles. The van der Waals surface area contributed by atoms with Crippen molar-refractivity contribution in [1.29, 1.82) is 0 Å². The van der Waals surface area contributed by atoms with Crippen molar-refractivity contribution in [2.24, 2.45) is 0 Å². The lowest BCUT2D eigenvalue weighted by atomic mass is 10.1. The lowest BCUT2D eigenvalue weighted by molar-refractivity contribution is -0.114. The van der Waals surface area contributed by atoms with Crippen LogP contribution in [0.3, 0.4) is 0 Å². The molecular formula is C26H26O2. The van der Waals surface area contributed by atoms with Gasteiger partial charge in [-0.25, -0.2) is 0 Å². The Morgan fingerprint density at radius 2 is 1.39 bits per heavy atom. The maximum absolute atomic E-state index is 12.0. The van der Waals surface area contributed by atoms with Gasteiger partial charge in [0.25, 0.3) is 0 Å². The molecule has 0 aliphatic heterocycles. The van der Waals surface area contributed by atoms with E-state index in [1.807, 2.05) is 66.7 Å². The Labute approximate surface area is 167 Å². The molecule has 0 unspecified atom stereocenters. The lowest BCUT2D eigenvalue weighted by Gasteiger charge is -2.06. The fourth-order valence-electron chi connectivity index (χ4n) is 2.96. The van der Waals surface area contributed by atoms with E-state index in [2.05, 4.69) is 24.3 Å². The van der Waals surface area contributed by atoms with Crippen LogP contribution < -0.4 is 4.74 Å². The summed E-state index contributed by atoms with van der Waals surface area (Å²) >= 11 is 0. The minimum Gasteiger partial charge on any atom is -0.489 e. The second-order valence-corrected chi connectivity index (χ2v) is 6.84. The summed E-state index contributed by atoms with van der Waals surface area (Å²) in [7, 11) is 0. The van der Waals surface area contributed by atoms with Crippen molar-refractivity contribution in [3.05, 3.63) is 108 Å². The summed E-state index contributed by atoms with van der Waals surface area (Å²) in [6.07, 6.45) is 7.15. The Balaban J connectivity index is 1.38. The van der Waals surface area contributed by atoms with E-state index in [1.165, 1.54) is 5.56 Å². The van der Waals surface area contributed by atoms with Crippen LogP contribution in [0.4, 0.5) is 0 Å². The monoisotopic (exact) mass is 370 g/mol. The third-order valence-corrected chi connectivity index (χ3v) is 4.57. The SMILES string of the molecule is O=C(/C=C/c1ccc(OCc2ccccc2)cc1)CCCCc1ccccc1. The smallest absolute Gasteiger partial charge is 0.155 e. The number of ether oxygens (including phenoxy) is 1. The van der Waals surface area contributed by atoms with Crippen LogP contribution in [0.2, 0.25) is 0 Å². The Morgan fingerprint density at radius 1 is 0.750 bits per heavy atom. The van der Waals surface area contributed by atoms with Crippen molar-refractivity contribution in [3.8, 4) is 5.75 Å². The van der Waals surface area contributed by atoms with Crippen LogP contribution in [0.5, 0.6) is 5.75 Å². The van der Waals surface area contributed by atoms with Gasteiger partial charge in [-0.1, -0.05) is 78.9 Å². The first kappa shape index (κ1) is 19.6. The number of rotatable bonds is 10. The Kier molecular flexibility index (Phi) is 7.63. The number of hydrogen-bond donors (Lipinski definition) is 0. The summed E-state index contributed by atoms with van der Waals surface area (Å²) in [4.78, 5) is 12.0. The summed E-state index contributed by atoms with van der Waals surface area (Å²) in [5.74, 6) is 1.01. The molecule has 2 nitrogen and oxygen atoms in total. The number of carbonyl (C=O) groups excluding carboxylic acids is 1. The Morgan fingerprint density at radius 3 is 2.07 bits per heavy atom. The van der Waals surface area contributed by atoms with Crippen molar-refractivity contribution < 1.29 is 9.53 Å². The molecule has 142 valence electrons. The molecule has 0 amide bonds. The molecule has 0 bridgehead atoms. The maximum Gasteiger partial charge on any atom is 0.155 e. The van der Waals surface area contributed by atoms with E-state index in [1.54, 1.807) is 6.08 Å². The van der Waals surface area contributed by atoms with E-state index in [-0.39, 0.29) is 5.78 Å². The first-order valence-corrected chi connectivity index (χ1v) is 9.81. The van der Waals surface area contributed by atoms with Gasteiger partial charge in [0.2, 0.25) is 0 Å². The van der Waals surface area contributed by atoms with Gasteiger partial charge in [0.15, 0.2) is 5.78 Å². The predicted octanol–water partition coefficient (Wildman–Crippen LogP) is 6.26. The highest BCUT2D eigenvalue weighted by Gasteiger charge is 1.99. The highest BCUT2D eigenvalue weighted by molar-refractivity contribution is 5.93. The lowest BCUT2D eigenvalue weighted by Crippen LogP contribution is -1.95. The van der Waals surface area contributed by atoms with Crippen LogP contribution in [0.1, 0.15) is 36.0 Å². The molecule has 0 atom stereocenters. The molecular weight excluding hydrogens is 344 g/mol. The van der Waals surface area contributed by atoms with E-state index in [9.17, 15) is 4.79 Å². The first-order valence-electron chi connectivity index (χ1n) is 9.81. The normalized spacial score (nSPS) is 10.9. The number of unbranched alkanes of at least 4 members (excludes halogenated alkanes) is 1. The van der Waals surface area contributed by atoms with Crippen molar-refractivity contribution in [3.63, 3.8) is 0 Å². The average Bonchev–Trinajstić information content (AvgIpc) is 2.76. The molecule has 0 spiro atoms. The topological polar surface area (TPSA) is 26.3 Å². The van der Waals surface area contributed by atoms with Gasteiger partial charge in [-0.15, -0.1) is 0 Å². The average molecular weight is 370 g/mol. The summed E-state index contributed by atoms with van der Waals surface area (Å²) in [6.45, 7) is 0.553. The van der Waals surface area contributed by atoms with Gasteiger partial charge < -0.3 is 4.74 Å². The zero-order valence-corrected chi connectivity index (χ0v) is 16.1. The minimum absolute atomic E-state index is 0.178. The summed E-state index contributed by atoms with van der Waals surface area (Å²) in [5, 5.41) is 0. The van der Waals surface area contributed by atoms with Gasteiger partial charge in [-0.2, -0.15) is 0 Å². The van der Waals surface area contributed by atoms with E-state index < -0.39 is 0 Å². The van der Waals surface area contributed by atoms with Gasteiger partial charge in [0, 0.05) is 6.42 Å². The fraction of sp³-hybridized carbons (Fsp3) is 0.192. The quantitative estimate of drug-likeness (QED) is 0.311. The van der Waals surface area contributed by atoms with Gasteiger partial charge in [0.05, 0.1) is 0 Å². The highest BCUT2D eigenvalue weighted by atomic mass is 16.5. The van der Waals surface area contributed by atoms with Crippen molar-refractivity contribution in [2.75, 3.05) is 0 Å². The summed E-state index contributed by atoms with van der Waals surface area (Å²) in [5.41, 5.74) is 3.48. The molecule has 3 rings (SSSR count). The number of benzene rings is 3. The van der Waals surface area contributed by atoms with Gasteiger partial charge in [0.1, 0.15) is 12.4 Å². The first-order chi connectivity index (χ1) is 13.8. The van der Waals surface area contributed by atoms with Crippen LogP contribution in [0, 0.1) is 0 Å². The van der Waals surface area contributed by atoms with Crippen LogP contribution >= 0.6 is 0 Å². The van der Waals surface area contributed by atoms with Gasteiger partial charge >= 0.3 is 0 Å². The highest BCUT2D eigenvalue weighted by Crippen LogP contribution is 2.15. The van der Waals surface area contributed by atoms with Crippen LogP contribution in [0.15, 0.2) is 91.0 Å². The molecule has 28 heavy (non-hydrogen) atoms. The summed E-state index contributed by atoms with van der Waals surface area (Å²) < 4.78 is 5.78. The molecule has 0 saturated carbocycles. The second kappa shape index (κ2) is 10.9. The van der Waals surface area contributed by atoms with Crippen LogP contribution in [-0.4, -0.2) is 5.78 Å². The zero-order chi connectivity index (χ0) is 19.4. The van der Waals surface area contributed by atoms with Gasteiger partial charge in [-0.3, -0.25) is 4.79 Å². The third kappa shape index (κ3) is 6.88. The minimum atomic E-state index is 0.178.